The van der Waals surface area contributed by atoms with Gasteiger partial charge in [-0.15, -0.1) is 0 Å². The molecule has 0 saturated carbocycles. The van der Waals surface area contributed by atoms with Crippen LogP contribution >= 0.6 is 0 Å². The van der Waals surface area contributed by atoms with Crippen LogP contribution in [0.3, 0.4) is 0 Å². The van der Waals surface area contributed by atoms with Crippen LogP contribution in [0.25, 0.3) is 0 Å². The van der Waals surface area contributed by atoms with Crippen molar-refractivity contribution in [2.24, 2.45) is 17.6 Å². The molecule has 3 unspecified atom stereocenters. The monoisotopic (exact) mass is 240 g/mol. The normalized spacial score (nSPS) is 34.7. The first-order valence-electron chi connectivity index (χ1n) is 6.82. The van der Waals surface area contributed by atoms with Gasteiger partial charge in [-0.05, 0) is 31.6 Å². The van der Waals surface area contributed by atoms with Gasteiger partial charge in [0.2, 0.25) is 5.91 Å². The molecule has 2 rings (SSSR count). The molecule has 2 aliphatic heterocycles. The van der Waals surface area contributed by atoms with Gasteiger partial charge in [0.15, 0.2) is 0 Å². The summed E-state index contributed by atoms with van der Waals surface area (Å²) in [7, 11) is 0. The van der Waals surface area contributed by atoms with Crippen molar-refractivity contribution in [3.8, 4) is 0 Å². The first-order chi connectivity index (χ1) is 8.24. The highest BCUT2D eigenvalue weighted by Crippen LogP contribution is 2.26. The summed E-state index contributed by atoms with van der Waals surface area (Å²) < 4.78 is 5.41. The average Bonchev–Trinajstić information content (AvgIpc) is 2.38. The third-order valence-electron chi connectivity index (χ3n) is 4.15. The molecule has 2 aliphatic rings. The van der Waals surface area contributed by atoms with Gasteiger partial charge in [-0.2, -0.15) is 0 Å². The maximum atomic E-state index is 12.5. The Morgan fingerprint density at radius 2 is 2.24 bits per heavy atom. The molecule has 0 aromatic carbocycles. The molecule has 98 valence electrons. The molecule has 0 spiro atoms. The molecule has 1 amide bonds. The molecule has 0 aromatic rings. The lowest BCUT2D eigenvalue weighted by atomic mass is 9.89. The summed E-state index contributed by atoms with van der Waals surface area (Å²) >= 11 is 0. The van der Waals surface area contributed by atoms with Crippen LogP contribution in [0.15, 0.2) is 0 Å². The van der Waals surface area contributed by atoms with E-state index >= 15 is 0 Å². The van der Waals surface area contributed by atoms with Crippen molar-refractivity contribution in [3.05, 3.63) is 0 Å². The molecule has 0 radical (unpaired) electrons. The highest BCUT2D eigenvalue weighted by molar-refractivity contribution is 5.79. The van der Waals surface area contributed by atoms with E-state index in [-0.39, 0.29) is 17.9 Å². The zero-order chi connectivity index (χ0) is 12.3. The van der Waals surface area contributed by atoms with Crippen molar-refractivity contribution >= 4 is 5.91 Å². The van der Waals surface area contributed by atoms with Crippen molar-refractivity contribution in [1.29, 1.82) is 0 Å². The van der Waals surface area contributed by atoms with Crippen LogP contribution in [0.2, 0.25) is 0 Å². The Labute approximate surface area is 103 Å². The number of amides is 1. The molecule has 0 bridgehead atoms. The van der Waals surface area contributed by atoms with E-state index in [4.69, 9.17) is 10.5 Å². The molecule has 17 heavy (non-hydrogen) atoms. The highest BCUT2D eigenvalue weighted by atomic mass is 16.5. The first kappa shape index (κ1) is 12.8. The largest absolute Gasteiger partial charge is 0.381 e. The molecule has 4 nitrogen and oxygen atoms in total. The second-order valence-electron chi connectivity index (χ2n) is 5.37. The molecular weight excluding hydrogens is 216 g/mol. The molecule has 2 fully saturated rings. The van der Waals surface area contributed by atoms with E-state index in [2.05, 4.69) is 6.92 Å². The molecule has 2 N–H and O–H groups in total. The van der Waals surface area contributed by atoms with E-state index < -0.39 is 0 Å². The summed E-state index contributed by atoms with van der Waals surface area (Å²) in [6, 6.07) is 0.234. The van der Waals surface area contributed by atoms with Gasteiger partial charge in [0.05, 0.1) is 12.5 Å². The second kappa shape index (κ2) is 5.83. The summed E-state index contributed by atoms with van der Waals surface area (Å²) in [5, 5.41) is 0. The predicted molar refractivity (Wildman–Crippen MR) is 66.5 cm³/mol. The number of piperidine rings is 1. The van der Waals surface area contributed by atoms with Crippen LogP contribution < -0.4 is 5.73 Å². The Morgan fingerprint density at radius 3 is 2.88 bits per heavy atom. The summed E-state index contributed by atoms with van der Waals surface area (Å²) in [4.78, 5) is 14.5. The Morgan fingerprint density at radius 1 is 1.41 bits per heavy atom. The fourth-order valence-corrected chi connectivity index (χ4v) is 3.05. The van der Waals surface area contributed by atoms with E-state index in [0.29, 0.717) is 19.1 Å². The average molecular weight is 240 g/mol. The standard InChI is InChI=1S/C13H24N2O2/c1-10-4-2-6-15(12(10)8-14)13(16)11-5-3-7-17-9-11/h10-12H,2-9,14H2,1H3. The Hall–Kier alpha value is -0.610. The van der Waals surface area contributed by atoms with Gasteiger partial charge >= 0.3 is 0 Å². The second-order valence-corrected chi connectivity index (χ2v) is 5.37. The number of carbonyl (C=O) groups excluding carboxylic acids is 1. The van der Waals surface area contributed by atoms with Crippen LogP contribution in [0.5, 0.6) is 0 Å². The predicted octanol–water partition coefficient (Wildman–Crippen LogP) is 0.999. The molecular formula is C13H24N2O2. The smallest absolute Gasteiger partial charge is 0.228 e. The number of rotatable bonds is 2. The van der Waals surface area contributed by atoms with E-state index in [1.807, 2.05) is 4.90 Å². The van der Waals surface area contributed by atoms with Gasteiger partial charge < -0.3 is 15.4 Å². The Kier molecular flexibility index (Phi) is 4.40. The summed E-state index contributed by atoms with van der Waals surface area (Å²) in [6.45, 7) is 5.07. The third-order valence-corrected chi connectivity index (χ3v) is 4.15. The minimum Gasteiger partial charge on any atom is -0.381 e. The van der Waals surface area contributed by atoms with Crippen LogP contribution in [0, 0.1) is 11.8 Å². The molecule has 2 heterocycles. The minimum atomic E-state index is 0.0723. The number of carbonyl (C=O) groups is 1. The number of nitrogens with two attached hydrogens (primary N) is 1. The minimum absolute atomic E-state index is 0.0723. The van der Waals surface area contributed by atoms with Gasteiger partial charge in [-0.1, -0.05) is 6.92 Å². The third kappa shape index (κ3) is 2.80. The summed E-state index contributed by atoms with van der Waals surface area (Å²) in [6.07, 6.45) is 4.28. The molecule has 4 heteroatoms. The maximum Gasteiger partial charge on any atom is 0.228 e. The van der Waals surface area contributed by atoms with Crippen LogP contribution in [-0.4, -0.2) is 43.2 Å². The zero-order valence-corrected chi connectivity index (χ0v) is 10.7. The van der Waals surface area contributed by atoms with Gasteiger partial charge in [0.25, 0.3) is 0 Å². The van der Waals surface area contributed by atoms with Crippen LogP contribution in [-0.2, 0) is 9.53 Å². The maximum absolute atomic E-state index is 12.5. The fraction of sp³-hybridized carbons (Fsp3) is 0.923. The van der Waals surface area contributed by atoms with Crippen molar-refractivity contribution in [1.82, 2.24) is 4.90 Å². The van der Waals surface area contributed by atoms with Crippen LogP contribution in [0.1, 0.15) is 32.6 Å². The van der Waals surface area contributed by atoms with Crippen molar-refractivity contribution in [2.75, 3.05) is 26.3 Å². The number of likely N-dealkylation sites (tertiary alicyclic amines) is 1. The van der Waals surface area contributed by atoms with E-state index in [1.165, 1.54) is 6.42 Å². The lowest BCUT2D eigenvalue weighted by Gasteiger charge is -2.41. The fourth-order valence-electron chi connectivity index (χ4n) is 3.05. The number of ether oxygens (including phenoxy) is 1. The van der Waals surface area contributed by atoms with Crippen LogP contribution in [0.4, 0.5) is 0 Å². The van der Waals surface area contributed by atoms with E-state index in [9.17, 15) is 4.79 Å². The zero-order valence-electron chi connectivity index (χ0n) is 10.7. The number of hydrogen-bond acceptors (Lipinski definition) is 3. The topological polar surface area (TPSA) is 55.6 Å². The Bertz CT molecular complexity index is 264. The van der Waals surface area contributed by atoms with Gasteiger partial charge in [0, 0.05) is 25.7 Å². The molecule has 3 atom stereocenters. The molecule has 0 aliphatic carbocycles. The van der Waals surface area contributed by atoms with Crippen molar-refractivity contribution in [2.45, 2.75) is 38.6 Å². The first-order valence-corrected chi connectivity index (χ1v) is 6.82. The Balaban J connectivity index is 2.00. The SMILES string of the molecule is CC1CCCN(C(=O)C2CCCOC2)C1CN. The molecule has 2 saturated heterocycles. The number of nitrogens with zero attached hydrogens (tertiary/aromatic N) is 1. The summed E-state index contributed by atoms with van der Waals surface area (Å²) in [5.74, 6) is 0.872. The van der Waals surface area contributed by atoms with Gasteiger partial charge in [-0.25, -0.2) is 0 Å². The summed E-state index contributed by atoms with van der Waals surface area (Å²) in [5.41, 5.74) is 5.83. The van der Waals surface area contributed by atoms with Gasteiger partial charge in [0.1, 0.15) is 0 Å². The number of hydrogen-bond donors (Lipinski definition) is 1. The van der Waals surface area contributed by atoms with Gasteiger partial charge in [-0.3, -0.25) is 4.79 Å². The van der Waals surface area contributed by atoms with E-state index in [0.717, 1.165) is 32.4 Å². The quantitative estimate of drug-likeness (QED) is 0.783. The highest BCUT2D eigenvalue weighted by Gasteiger charge is 2.34. The van der Waals surface area contributed by atoms with E-state index in [1.54, 1.807) is 0 Å². The molecule has 0 aromatic heterocycles. The van der Waals surface area contributed by atoms with Crippen molar-refractivity contribution in [3.63, 3.8) is 0 Å². The lowest BCUT2D eigenvalue weighted by molar-refractivity contribution is -0.144. The van der Waals surface area contributed by atoms with Crippen molar-refractivity contribution < 1.29 is 9.53 Å². The lowest BCUT2D eigenvalue weighted by Crippen LogP contribution is -2.53.